The van der Waals surface area contributed by atoms with Crippen LogP contribution in [0.15, 0.2) is 78.9 Å². The number of benzene rings is 3. The highest BCUT2D eigenvalue weighted by atomic mass is 16.5. The van der Waals surface area contributed by atoms with Gasteiger partial charge in [0.15, 0.2) is 0 Å². The van der Waals surface area contributed by atoms with Gasteiger partial charge in [0.2, 0.25) is 0 Å². The summed E-state index contributed by atoms with van der Waals surface area (Å²) in [5.74, 6) is 0.933. The molecule has 0 amide bonds. The maximum atomic E-state index is 6.03. The monoisotopic (exact) mass is 317 g/mol. The van der Waals surface area contributed by atoms with E-state index in [1.54, 1.807) is 0 Å². The normalized spacial score (nSPS) is 10.4. The molecular weight excluding hydrogens is 294 g/mol. The molecule has 3 rings (SSSR count). The van der Waals surface area contributed by atoms with Crippen LogP contribution >= 0.6 is 0 Å². The Labute approximate surface area is 144 Å². The zero-order chi connectivity index (χ0) is 16.6. The second-order valence-electron chi connectivity index (χ2n) is 5.75. The first kappa shape index (κ1) is 16.1. The molecule has 0 saturated heterocycles. The summed E-state index contributed by atoms with van der Waals surface area (Å²) in [7, 11) is 0. The van der Waals surface area contributed by atoms with Gasteiger partial charge in [0.25, 0.3) is 0 Å². The SMILES string of the molecule is CCc1ccccc1NCc1ccccc1OCc1ccccc1. The lowest BCUT2D eigenvalue weighted by atomic mass is 10.1. The lowest BCUT2D eigenvalue weighted by Gasteiger charge is -2.14. The smallest absolute Gasteiger partial charge is 0.124 e. The summed E-state index contributed by atoms with van der Waals surface area (Å²) in [5, 5.41) is 3.54. The van der Waals surface area contributed by atoms with Crippen molar-refractivity contribution in [3.63, 3.8) is 0 Å². The van der Waals surface area contributed by atoms with Crippen molar-refractivity contribution in [2.75, 3.05) is 5.32 Å². The van der Waals surface area contributed by atoms with Crippen LogP contribution in [0.3, 0.4) is 0 Å². The van der Waals surface area contributed by atoms with Gasteiger partial charge in [0.05, 0.1) is 0 Å². The fourth-order valence-electron chi connectivity index (χ4n) is 2.72. The highest BCUT2D eigenvalue weighted by Crippen LogP contribution is 2.22. The fourth-order valence-corrected chi connectivity index (χ4v) is 2.72. The van der Waals surface area contributed by atoms with Crippen molar-refractivity contribution in [2.45, 2.75) is 26.5 Å². The predicted molar refractivity (Wildman–Crippen MR) is 100 cm³/mol. The molecule has 0 unspecified atom stereocenters. The van der Waals surface area contributed by atoms with Gasteiger partial charge >= 0.3 is 0 Å². The van der Waals surface area contributed by atoms with Gasteiger partial charge in [-0.25, -0.2) is 0 Å². The van der Waals surface area contributed by atoms with Crippen LogP contribution in [0.1, 0.15) is 23.6 Å². The van der Waals surface area contributed by atoms with E-state index in [4.69, 9.17) is 4.74 Å². The molecule has 0 spiro atoms. The number of para-hydroxylation sites is 2. The summed E-state index contributed by atoms with van der Waals surface area (Å²) in [4.78, 5) is 0. The number of hydrogen-bond donors (Lipinski definition) is 1. The topological polar surface area (TPSA) is 21.3 Å². The molecule has 0 saturated carbocycles. The zero-order valence-corrected chi connectivity index (χ0v) is 14.0. The minimum absolute atomic E-state index is 0.587. The van der Waals surface area contributed by atoms with Gasteiger partial charge in [0.1, 0.15) is 12.4 Å². The van der Waals surface area contributed by atoms with E-state index >= 15 is 0 Å². The Hall–Kier alpha value is -2.74. The molecule has 0 fully saturated rings. The first-order valence-electron chi connectivity index (χ1n) is 8.43. The summed E-state index contributed by atoms with van der Waals surface area (Å²) in [6.45, 7) is 3.52. The number of hydrogen-bond acceptors (Lipinski definition) is 2. The molecule has 0 bridgehead atoms. The third-order valence-corrected chi connectivity index (χ3v) is 4.08. The maximum absolute atomic E-state index is 6.03. The largest absolute Gasteiger partial charge is 0.489 e. The minimum Gasteiger partial charge on any atom is -0.489 e. The molecule has 0 atom stereocenters. The van der Waals surface area contributed by atoms with Crippen molar-refractivity contribution in [2.24, 2.45) is 0 Å². The van der Waals surface area contributed by atoms with Gasteiger partial charge in [-0.05, 0) is 29.7 Å². The van der Waals surface area contributed by atoms with Crippen LogP contribution in [-0.4, -0.2) is 0 Å². The van der Waals surface area contributed by atoms with Crippen LogP contribution in [0, 0.1) is 0 Å². The molecule has 122 valence electrons. The zero-order valence-electron chi connectivity index (χ0n) is 14.0. The third-order valence-electron chi connectivity index (χ3n) is 4.08. The van der Waals surface area contributed by atoms with Crippen LogP contribution in [0.2, 0.25) is 0 Å². The van der Waals surface area contributed by atoms with E-state index in [0.29, 0.717) is 6.61 Å². The quantitative estimate of drug-likeness (QED) is 0.626. The molecule has 0 aliphatic heterocycles. The molecule has 3 aromatic rings. The van der Waals surface area contributed by atoms with E-state index in [1.165, 1.54) is 22.4 Å². The van der Waals surface area contributed by atoms with Gasteiger partial charge in [0, 0.05) is 17.8 Å². The van der Waals surface area contributed by atoms with E-state index in [0.717, 1.165) is 18.7 Å². The number of ether oxygens (including phenoxy) is 1. The van der Waals surface area contributed by atoms with Gasteiger partial charge in [-0.2, -0.15) is 0 Å². The van der Waals surface area contributed by atoms with Crippen molar-refractivity contribution < 1.29 is 4.74 Å². The van der Waals surface area contributed by atoms with E-state index < -0.39 is 0 Å². The number of aryl methyl sites for hydroxylation is 1. The molecule has 0 aromatic heterocycles. The van der Waals surface area contributed by atoms with Gasteiger partial charge < -0.3 is 10.1 Å². The summed E-state index contributed by atoms with van der Waals surface area (Å²) in [5.41, 5.74) is 4.87. The van der Waals surface area contributed by atoms with Crippen molar-refractivity contribution in [3.05, 3.63) is 95.6 Å². The maximum Gasteiger partial charge on any atom is 0.124 e. The Balaban J connectivity index is 1.68. The standard InChI is InChI=1S/C22H23NO/c1-2-19-12-6-8-14-21(19)23-16-20-13-7-9-15-22(20)24-17-18-10-4-3-5-11-18/h3-15,23H,2,16-17H2,1H3. The van der Waals surface area contributed by atoms with E-state index in [9.17, 15) is 0 Å². The van der Waals surface area contributed by atoms with Crippen LogP contribution in [-0.2, 0) is 19.6 Å². The lowest BCUT2D eigenvalue weighted by Crippen LogP contribution is -2.05. The van der Waals surface area contributed by atoms with Crippen LogP contribution in [0.25, 0.3) is 0 Å². The molecular formula is C22H23NO. The first-order chi connectivity index (χ1) is 11.9. The number of anilines is 1. The molecule has 2 heteroatoms. The Morgan fingerprint density at radius 1 is 0.750 bits per heavy atom. The highest BCUT2D eigenvalue weighted by molar-refractivity contribution is 5.52. The van der Waals surface area contributed by atoms with Gasteiger partial charge in [-0.3, -0.25) is 0 Å². The molecule has 0 heterocycles. The van der Waals surface area contributed by atoms with Crippen LogP contribution in [0.5, 0.6) is 5.75 Å². The molecule has 24 heavy (non-hydrogen) atoms. The molecule has 0 radical (unpaired) electrons. The Kier molecular flexibility index (Phi) is 5.52. The molecule has 1 N–H and O–H groups in total. The Morgan fingerprint density at radius 3 is 2.21 bits per heavy atom. The Morgan fingerprint density at radius 2 is 1.42 bits per heavy atom. The third kappa shape index (κ3) is 4.17. The van der Waals surface area contributed by atoms with Crippen LogP contribution < -0.4 is 10.1 Å². The molecule has 2 nitrogen and oxygen atoms in total. The van der Waals surface area contributed by atoms with Crippen LogP contribution in [0.4, 0.5) is 5.69 Å². The van der Waals surface area contributed by atoms with Crippen molar-refractivity contribution in [1.29, 1.82) is 0 Å². The summed E-state index contributed by atoms with van der Waals surface area (Å²) < 4.78 is 6.03. The minimum atomic E-state index is 0.587. The summed E-state index contributed by atoms with van der Waals surface area (Å²) in [6, 6.07) is 26.9. The molecule has 0 aliphatic rings. The van der Waals surface area contributed by atoms with E-state index in [-0.39, 0.29) is 0 Å². The van der Waals surface area contributed by atoms with E-state index in [2.05, 4.69) is 60.8 Å². The van der Waals surface area contributed by atoms with E-state index in [1.807, 2.05) is 30.3 Å². The summed E-state index contributed by atoms with van der Waals surface area (Å²) in [6.07, 6.45) is 1.02. The van der Waals surface area contributed by atoms with Gasteiger partial charge in [-0.1, -0.05) is 73.7 Å². The second kappa shape index (κ2) is 8.21. The fraction of sp³-hybridized carbons (Fsp3) is 0.182. The second-order valence-corrected chi connectivity index (χ2v) is 5.75. The van der Waals surface area contributed by atoms with Crippen molar-refractivity contribution >= 4 is 5.69 Å². The van der Waals surface area contributed by atoms with Crippen molar-refractivity contribution in [3.8, 4) is 5.75 Å². The molecule has 0 aliphatic carbocycles. The predicted octanol–water partition coefficient (Wildman–Crippen LogP) is 5.44. The average Bonchev–Trinajstić information content (AvgIpc) is 2.66. The Bertz CT molecular complexity index is 768. The van der Waals surface area contributed by atoms with Crippen molar-refractivity contribution in [1.82, 2.24) is 0 Å². The first-order valence-corrected chi connectivity index (χ1v) is 8.43. The summed E-state index contributed by atoms with van der Waals surface area (Å²) >= 11 is 0. The average molecular weight is 317 g/mol. The number of rotatable bonds is 7. The van der Waals surface area contributed by atoms with Gasteiger partial charge in [-0.15, -0.1) is 0 Å². The molecule has 3 aromatic carbocycles. The highest BCUT2D eigenvalue weighted by Gasteiger charge is 2.05. The lowest BCUT2D eigenvalue weighted by molar-refractivity contribution is 0.303. The number of nitrogens with one attached hydrogen (secondary N) is 1.